The number of thioether (sulfide) groups is 1. The number of rotatable bonds is 4. The molecule has 0 aliphatic carbocycles. The summed E-state index contributed by atoms with van der Waals surface area (Å²) in [5.41, 5.74) is 2.03. The number of thiophene rings is 1. The Hall–Kier alpha value is -1.63. The molecule has 1 N–H and O–H groups in total. The van der Waals surface area contributed by atoms with E-state index in [1.807, 2.05) is 35.7 Å². The molecular weight excluding hydrogens is 304 g/mol. The standard InChI is InChI=1S/C15H14N2O2S2/c1-17-14(19)12-6-7-20-13(12)16-15(17)21-9-11-4-2-10(8-18)3-5-11/h2-7,18H,8-9H2,1H3. The van der Waals surface area contributed by atoms with Gasteiger partial charge in [-0.05, 0) is 22.6 Å². The Morgan fingerprint density at radius 2 is 1.95 bits per heavy atom. The van der Waals surface area contributed by atoms with E-state index in [-0.39, 0.29) is 12.2 Å². The second kappa shape index (κ2) is 6.01. The van der Waals surface area contributed by atoms with E-state index in [0.29, 0.717) is 5.39 Å². The van der Waals surface area contributed by atoms with Crippen molar-refractivity contribution in [2.75, 3.05) is 0 Å². The third-order valence-corrected chi connectivity index (χ3v) is 5.15. The van der Waals surface area contributed by atoms with Gasteiger partial charge in [0.25, 0.3) is 5.56 Å². The van der Waals surface area contributed by atoms with Crippen molar-refractivity contribution >= 4 is 33.3 Å². The van der Waals surface area contributed by atoms with Crippen molar-refractivity contribution in [1.29, 1.82) is 0 Å². The Morgan fingerprint density at radius 3 is 2.67 bits per heavy atom. The van der Waals surface area contributed by atoms with E-state index < -0.39 is 0 Å². The minimum Gasteiger partial charge on any atom is -0.392 e. The summed E-state index contributed by atoms with van der Waals surface area (Å²) in [4.78, 5) is 17.5. The molecular formula is C15H14N2O2S2. The fourth-order valence-corrected chi connectivity index (χ4v) is 3.73. The predicted octanol–water partition coefficient (Wildman–Crippen LogP) is 2.78. The van der Waals surface area contributed by atoms with Crippen LogP contribution in [0.2, 0.25) is 0 Å². The van der Waals surface area contributed by atoms with Gasteiger partial charge in [-0.1, -0.05) is 36.0 Å². The molecule has 0 radical (unpaired) electrons. The molecule has 0 aliphatic rings. The third kappa shape index (κ3) is 2.88. The minimum absolute atomic E-state index is 0.000576. The molecule has 0 unspecified atom stereocenters. The second-order valence-electron chi connectivity index (χ2n) is 4.66. The van der Waals surface area contributed by atoms with Crippen LogP contribution in [0, 0.1) is 0 Å². The molecule has 0 saturated heterocycles. The zero-order valence-electron chi connectivity index (χ0n) is 11.4. The normalized spacial score (nSPS) is 11.1. The number of aliphatic hydroxyl groups excluding tert-OH is 1. The topological polar surface area (TPSA) is 55.1 Å². The summed E-state index contributed by atoms with van der Waals surface area (Å²) in [6, 6.07) is 9.60. The SMILES string of the molecule is Cn1c(SCc2ccc(CO)cc2)nc2sccc2c1=O. The van der Waals surface area contributed by atoms with Crippen LogP contribution in [-0.4, -0.2) is 14.7 Å². The quantitative estimate of drug-likeness (QED) is 0.594. The number of nitrogens with zero attached hydrogens (tertiary/aromatic N) is 2. The summed E-state index contributed by atoms with van der Waals surface area (Å²) in [5.74, 6) is 0.739. The molecule has 1 aromatic carbocycles. The van der Waals surface area contributed by atoms with Crippen molar-refractivity contribution < 1.29 is 5.11 Å². The highest BCUT2D eigenvalue weighted by molar-refractivity contribution is 7.98. The molecule has 6 heteroatoms. The summed E-state index contributed by atoms with van der Waals surface area (Å²) >= 11 is 3.03. The van der Waals surface area contributed by atoms with Crippen molar-refractivity contribution in [2.45, 2.75) is 17.5 Å². The van der Waals surface area contributed by atoms with E-state index >= 15 is 0 Å². The molecule has 0 spiro atoms. The van der Waals surface area contributed by atoms with Crippen LogP contribution in [0.1, 0.15) is 11.1 Å². The van der Waals surface area contributed by atoms with Gasteiger partial charge in [0.1, 0.15) is 4.83 Å². The third-order valence-electron chi connectivity index (χ3n) is 3.24. The van der Waals surface area contributed by atoms with Gasteiger partial charge in [0.15, 0.2) is 5.16 Å². The van der Waals surface area contributed by atoms with E-state index in [2.05, 4.69) is 4.98 Å². The Labute approximate surface area is 130 Å². The molecule has 4 nitrogen and oxygen atoms in total. The lowest BCUT2D eigenvalue weighted by Crippen LogP contribution is -2.19. The second-order valence-corrected chi connectivity index (χ2v) is 6.50. The largest absolute Gasteiger partial charge is 0.392 e. The molecule has 2 aromatic heterocycles. The maximum absolute atomic E-state index is 12.2. The summed E-state index contributed by atoms with van der Waals surface area (Å²) in [5, 5.41) is 12.3. The first-order valence-electron chi connectivity index (χ1n) is 6.45. The first-order chi connectivity index (χ1) is 10.2. The number of benzene rings is 1. The lowest BCUT2D eigenvalue weighted by Gasteiger charge is -2.07. The van der Waals surface area contributed by atoms with Crippen LogP contribution < -0.4 is 5.56 Å². The van der Waals surface area contributed by atoms with Gasteiger partial charge >= 0.3 is 0 Å². The fraction of sp³-hybridized carbons (Fsp3) is 0.200. The minimum atomic E-state index is -0.000576. The van der Waals surface area contributed by atoms with Crippen LogP contribution >= 0.6 is 23.1 Å². The van der Waals surface area contributed by atoms with E-state index in [4.69, 9.17) is 5.11 Å². The fourth-order valence-electron chi connectivity index (χ4n) is 2.00. The van der Waals surface area contributed by atoms with Crippen LogP contribution in [0.5, 0.6) is 0 Å². The van der Waals surface area contributed by atoms with E-state index in [9.17, 15) is 4.79 Å². The van der Waals surface area contributed by atoms with E-state index in [0.717, 1.165) is 26.9 Å². The Bertz CT molecular complexity index is 822. The molecule has 0 bridgehead atoms. The predicted molar refractivity (Wildman–Crippen MR) is 86.8 cm³/mol. The van der Waals surface area contributed by atoms with Crippen LogP contribution in [0.15, 0.2) is 45.7 Å². The van der Waals surface area contributed by atoms with Crippen molar-refractivity contribution in [2.24, 2.45) is 7.05 Å². The van der Waals surface area contributed by atoms with Crippen molar-refractivity contribution in [3.63, 3.8) is 0 Å². The van der Waals surface area contributed by atoms with Gasteiger partial charge in [-0.15, -0.1) is 11.3 Å². The Kier molecular flexibility index (Phi) is 4.10. The van der Waals surface area contributed by atoms with Gasteiger partial charge in [0.2, 0.25) is 0 Å². The Morgan fingerprint density at radius 1 is 1.24 bits per heavy atom. The van der Waals surface area contributed by atoms with Gasteiger partial charge in [-0.25, -0.2) is 4.98 Å². The number of aromatic nitrogens is 2. The lowest BCUT2D eigenvalue weighted by molar-refractivity contribution is 0.282. The number of hydrogen-bond acceptors (Lipinski definition) is 5. The average molecular weight is 318 g/mol. The number of fused-ring (bicyclic) bond motifs is 1. The van der Waals surface area contributed by atoms with Crippen LogP contribution in [0.4, 0.5) is 0 Å². The molecule has 0 aliphatic heterocycles. The van der Waals surface area contributed by atoms with Crippen LogP contribution in [-0.2, 0) is 19.4 Å². The molecule has 0 fully saturated rings. The molecule has 3 aromatic rings. The van der Waals surface area contributed by atoms with Crippen molar-refractivity contribution in [3.05, 3.63) is 57.2 Å². The molecule has 108 valence electrons. The number of aliphatic hydroxyl groups is 1. The van der Waals surface area contributed by atoms with Crippen molar-refractivity contribution in [1.82, 2.24) is 9.55 Å². The highest BCUT2D eigenvalue weighted by atomic mass is 32.2. The van der Waals surface area contributed by atoms with Gasteiger partial charge in [-0.3, -0.25) is 9.36 Å². The smallest absolute Gasteiger partial charge is 0.262 e. The summed E-state index contributed by atoms with van der Waals surface area (Å²) in [7, 11) is 1.75. The highest BCUT2D eigenvalue weighted by Gasteiger charge is 2.09. The van der Waals surface area contributed by atoms with Gasteiger partial charge < -0.3 is 5.11 Å². The summed E-state index contributed by atoms with van der Waals surface area (Å²) in [6.45, 7) is 0.0541. The Balaban J connectivity index is 1.84. The van der Waals surface area contributed by atoms with Crippen molar-refractivity contribution in [3.8, 4) is 0 Å². The van der Waals surface area contributed by atoms with Gasteiger partial charge in [0, 0.05) is 12.8 Å². The van der Waals surface area contributed by atoms with Crippen LogP contribution in [0.25, 0.3) is 10.2 Å². The summed E-state index contributed by atoms with van der Waals surface area (Å²) < 4.78 is 1.60. The molecule has 2 heterocycles. The van der Waals surface area contributed by atoms with E-state index in [1.54, 1.807) is 23.4 Å². The number of hydrogen-bond donors (Lipinski definition) is 1. The zero-order valence-corrected chi connectivity index (χ0v) is 13.1. The monoisotopic (exact) mass is 318 g/mol. The molecule has 21 heavy (non-hydrogen) atoms. The van der Waals surface area contributed by atoms with Gasteiger partial charge in [-0.2, -0.15) is 0 Å². The first kappa shape index (κ1) is 14.3. The van der Waals surface area contributed by atoms with Gasteiger partial charge in [0.05, 0.1) is 12.0 Å². The maximum atomic E-state index is 12.2. The first-order valence-corrected chi connectivity index (χ1v) is 8.31. The average Bonchev–Trinajstić information content (AvgIpc) is 2.98. The van der Waals surface area contributed by atoms with E-state index in [1.165, 1.54) is 11.3 Å². The molecule has 3 rings (SSSR count). The van der Waals surface area contributed by atoms with Crippen LogP contribution in [0.3, 0.4) is 0 Å². The molecule has 0 atom stereocenters. The molecule has 0 saturated carbocycles. The zero-order chi connectivity index (χ0) is 14.8. The maximum Gasteiger partial charge on any atom is 0.262 e. The summed E-state index contributed by atoms with van der Waals surface area (Å²) in [6.07, 6.45) is 0. The lowest BCUT2D eigenvalue weighted by atomic mass is 10.2. The highest BCUT2D eigenvalue weighted by Crippen LogP contribution is 2.23. The molecule has 0 amide bonds.